The molecule has 1 amide bonds. The van der Waals surface area contributed by atoms with Crippen LogP contribution >= 0.6 is 22.6 Å². The molecule has 1 aliphatic heterocycles. The van der Waals surface area contributed by atoms with Crippen LogP contribution in [0.15, 0.2) is 48.5 Å². The smallest absolute Gasteiger partial charge is 0.409 e. The molecule has 1 fully saturated rings. The molecule has 0 radical (unpaired) electrons. The van der Waals surface area contributed by atoms with E-state index in [9.17, 15) is 4.79 Å². The second-order valence-electron chi connectivity index (χ2n) is 9.65. The van der Waals surface area contributed by atoms with Gasteiger partial charge in [-0.25, -0.2) is 4.79 Å². The van der Waals surface area contributed by atoms with E-state index in [0.717, 1.165) is 25.3 Å². The van der Waals surface area contributed by atoms with Crippen molar-refractivity contribution in [3.05, 3.63) is 85.5 Å². The molecule has 0 bridgehead atoms. The molecule has 0 atom stereocenters. The summed E-state index contributed by atoms with van der Waals surface area (Å²) in [7, 11) is 0. The number of hydrogen-bond donors (Lipinski definition) is 1. The predicted octanol–water partition coefficient (Wildman–Crippen LogP) is 5.87. The van der Waals surface area contributed by atoms with Gasteiger partial charge >= 0.3 is 6.09 Å². The lowest BCUT2D eigenvalue weighted by Gasteiger charge is -2.35. The highest BCUT2D eigenvalue weighted by Gasteiger charge is 2.30. The van der Waals surface area contributed by atoms with Crippen molar-refractivity contribution in [2.75, 3.05) is 38.5 Å². The number of amides is 1. The van der Waals surface area contributed by atoms with Gasteiger partial charge in [-0.2, -0.15) is 0 Å². The fraction of sp³-hybridized carbons (Fsp3) is 0.345. The van der Waals surface area contributed by atoms with E-state index in [-0.39, 0.29) is 12.0 Å². The van der Waals surface area contributed by atoms with E-state index in [2.05, 4.69) is 96.8 Å². The SMILES string of the molecule is Cc1c(N)c(C)c(CN2CCN(C(=O)OCC3c4ccccc4-c4ccccc43)CC2)c(C)c1I. The fourth-order valence-corrected chi connectivity index (χ4v) is 6.11. The van der Waals surface area contributed by atoms with Gasteiger partial charge in [0, 0.05) is 47.9 Å². The molecule has 6 heteroatoms. The molecule has 2 N–H and O–H groups in total. The number of halogens is 1. The molecule has 0 unspecified atom stereocenters. The number of nitrogens with zero attached hydrogens (tertiary/aromatic N) is 2. The van der Waals surface area contributed by atoms with Gasteiger partial charge in [-0.3, -0.25) is 4.90 Å². The maximum absolute atomic E-state index is 12.9. The van der Waals surface area contributed by atoms with Gasteiger partial charge in [0.25, 0.3) is 0 Å². The first-order chi connectivity index (χ1) is 16.9. The molecule has 3 aromatic rings. The third kappa shape index (κ3) is 4.42. The quantitative estimate of drug-likeness (QED) is 0.310. The lowest BCUT2D eigenvalue weighted by Crippen LogP contribution is -2.48. The van der Waals surface area contributed by atoms with E-state index in [1.807, 2.05) is 4.90 Å². The average Bonchev–Trinajstić information content (AvgIpc) is 3.21. The van der Waals surface area contributed by atoms with E-state index in [1.54, 1.807) is 0 Å². The number of benzene rings is 3. The van der Waals surface area contributed by atoms with Crippen LogP contribution in [0.4, 0.5) is 10.5 Å². The van der Waals surface area contributed by atoms with Gasteiger partial charge in [0.05, 0.1) is 0 Å². The topological polar surface area (TPSA) is 58.8 Å². The van der Waals surface area contributed by atoms with Crippen LogP contribution in [0.2, 0.25) is 0 Å². The van der Waals surface area contributed by atoms with Crippen LogP contribution < -0.4 is 5.73 Å². The zero-order valence-electron chi connectivity index (χ0n) is 20.6. The van der Waals surface area contributed by atoms with E-state index < -0.39 is 0 Å². The molecule has 2 aliphatic rings. The van der Waals surface area contributed by atoms with Gasteiger partial charge in [-0.05, 0) is 87.9 Å². The van der Waals surface area contributed by atoms with Gasteiger partial charge in [0.2, 0.25) is 0 Å². The van der Waals surface area contributed by atoms with Crippen molar-refractivity contribution in [3.63, 3.8) is 0 Å². The van der Waals surface area contributed by atoms with Gasteiger partial charge in [-0.1, -0.05) is 48.5 Å². The highest BCUT2D eigenvalue weighted by Crippen LogP contribution is 2.44. The Balaban J connectivity index is 1.20. The Kier molecular flexibility index (Phi) is 6.77. The molecule has 0 aromatic heterocycles. The molecule has 3 aromatic carbocycles. The minimum absolute atomic E-state index is 0.0908. The number of rotatable bonds is 4. The summed E-state index contributed by atoms with van der Waals surface area (Å²) in [6, 6.07) is 16.9. The Morgan fingerprint density at radius 1 is 0.914 bits per heavy atom. The van der Waals surface area contributed by atoms with Crippen LogP contribution in [-0.4, -0.2) is 48.7 Å². The van der Waals surface area contributed by atoms with E-state index in [4.69, 9.17) is 10.5 Å². The molecule has 1 saturated heterocycles. The first-order valence-corrected chi connectivity index (χ1v) is 13.3. The summed E-state index contributed by atoms with van der Waals surface area (Å²) >= 11 is 2.40. The third-order valence-electron chi connectivity index (χ3n) is 7.72. The van der Waals surface area contributed by atoms with Crippen molar-refractivity contribution in [2.24, 2.45) is 0 Å². The molecule has 35 heavy (non-hydrogen) atoms. The summed E-state index contributed by atoms with van der Waals surface area (Å²) in [6.07, 6.45) is -0.215. The number of anilines is 1. The predicted molar refractivity (Wildman–Crippen MR) is 150 cm³/mol. The summed E-state index contributed by atoms with van der Waals surface area (Å²) in [5.74, 6) is 0.0908. The average molecular weight is 581 g/mol. The number of piperazine rings is 1. The molecule has 1 aliphatic carbocycles. The van der Waals surface area contributed by atoms with Crippen molar-refractivity contribution in [3.8, 4) is 11.1 Å². The van der Waals surface area contributed by atoms with Crippen molar-refractivity contribution in [2.45, 2.75) is 33.2 Å². The minimum Gasteiger partial charge on any atom is -0.448 e. The highest BCUT2D eigenvalue weighted by molar-refractivity contribution is 14.1. The number of nitrogen functional groups attached to an aromatic ring is 1. The number of carbonyl (C=O) groups is 1. The van der Waals surface area contributed by atoms with Gasteiger partial charge in [0.15, 0.2) is 0 Å². The summed E-state index contributed by atoms with van der Waals surface area (Å²) in [5, 5.41) is 0. The number of ether oxygens (including phenoxy) is 1. The largest absolute Gasteiger partial charge is 0.448 e. The first kappa shape index (κ1) is 24.1. The third-order valence-corrected chi connectivity index (χ3v) is 9.34. The zero-order chi connectivity index (χ0) is 24.7. The van der Waals surface area contributed by atoms with Crippen LogP contribution in [0, 0.1) is 24.3 Å². The Morgan fingerprint density at radius 3 is 2.09 bits per heavy atom. The van der Waals surface area contributed by atoms with Crippen LogP contribution in [0.1, 0.15) is 39.3 Å². The van der Waals surface area contributed by atoms with Crippen LogP contribution in [0.25, 0.3) is 11.1 Å². The molecular weight excluding hydrogens is 549 g/mol. The zero-order valence-corrected chi connectivity index (χ0v) is 22.8. The highest BCUT2D eigenvalue weighted by atomic mass is 127. The molecule has 5 rings (SSSR count). The van der Waals surface area contributed by atoms with E-state index >= 15 is 0 Å². The first-order valence-electron chi connectivity index (χ1n) is 12.2. The maximum Gasteiger partial charge on any atom is 0.409 e. The summed E-state index contributed by atoms with van der Waals surface area (Å²) in [6.45, 7) is 10.6. The van der Waals surface area contributed by atoms with Crippen LogP contribution in [-0.2, 0) is 11.3 Å². The number of nitrogens with two attached hydrogens (primary N) is 1. The number of hydrogen-bond acceptors (Lipinski definition) is 4. The maximum atomic E-state index is 12.9. The standard InChI is InChI=1S/C29H32IN3O2/c1-18-25(19(2)28(31)20(3)27(18)30)16-32-12-14-33(15-13-32)29(34)35-17-26-23-10-6-4-8-21(23)22-9-5-7-11-24(22)26/h4-11,26H,12-17,31H2,1-3H3. The van der Waals surface area contributed by atoms with Gasteiger partial charge in [0.1, 0.15) is 6.61 Å². The van der Waals surface area contributed by atoms with Crippen molar-refractivity contribution < 1.29 is 9.53 Å². The van der Waals surface area contributed by atoms with Crippen molar-refractivity contribution >= 4 is 34.4 Å². The van der Waals surface area contributed by atoms with E-state index in [1.165, 1.54) is 48.1 Å². The van der Waals surface area contributed by atoms with Crippen molar-refractivity contribution in [1.29, 1.82) is 0 Å². The number of carbonyl (C=O) groups excluding carboxylic acids is 1. The summed E-state index contributed by atoms with van der Waals surface area (Å²) in [4.78, 5) is 17.2. The summed E-state index contributed by atoms with van der Waals surface area (Å²) in [5.41, 5.74) is 17.2. The van der Waals surface area contributed by atoms with Crippen LogP contribution in [0.3, 0.4) is 0 Å². The Bertz CT molecular complexity index is 1210. The molecule has 1 heterocycles. The summed E-state index contributed by atoms with van der Waals surface area (Å²) < 4.78 is 7.11. The Morgan fingerprint density at radius 2 is 1.49 bits per heavy atom. The Labute approximate surface area is 221 Å². The second-order valence-corrected chi connectivity index (χ2v) is 10.7. The molecule has 182 valence electrons. The lowest BCUT2D eigenvalue weighted by molar-refractivity contribution is 0.0727. The van der Waals surface area contributed by atoms with Gasteiger partial charge in [-0.15, -0.1) is 0 Å². The minimum atomic E-state index is -0.215. The lowest BCUT2D eigenvalue weighted by atomic mass is 9.97. The second kappa shape index (κ2) is 9.82. The molecule has 0 spiro atoms. The fourth-order valence-electron chi connectivity index (χ4n) is 5.49. The molecule has 5 nitrogen and oxygen atoms in total. The van der Waals surface area contributed by atoms with Crippen LogP contribution in [0.5, 0.6) is 0 Å². The molecule has 0 saturated carbocycles. The monoisotopic (exact) mass is 581 g/mol. The van der Waals surface area contributed by atoms with E-state index in [0.29, 0.717) is 19.7 Å². The normalized spacial score (nSPS) is 15.7. The number of fused-ring (bicyclic) bond motifs is 3. The molecular formula is C29H32IN3O2. The van der Waals surface area contributed by atoms with Gasteiger partial charge < -0.3 is 15.4 Å². The Hall–Kier alpha value is -2.58. The van der Waals surface area contributed by atoms with Crippen molar-refractivity contribution in [1.82, 2.24) is 9.80 Å².